The number of aryl methyl sites for hydroxylation is 1. The van der Waals surface area contributed by atoms with Gasteiger partial charge in [0.15, 0.2) is 0 Å². The number of amides is 1. The summed E-state index contributed by atoms with van der Waals surface area (Å²) < 4.78 is 0. The number of nitrogens with one attached hydrogen (secondary N) is 2. The standard InChI is InChI=1S/C19H25N3O/c1-13-18(15-5-2-3-6-16(15)21-13)14-8-11-22(12-9-14)19(23)17-7-4-10-20-17/h2-3,5-6,14,17,20-21H,4,7-12H2,1H3. The molecule has 1 unspecified atom stereocenters. The van der Waals surface area contributed by atoms with E-state index in [2.05, 4.69) is 46.4 Å². The van der Waals surface area contributed by atoms with Crippen LogP contribution in [0.5, 0.6) is 0 Å². The molecule has 4 nitrogen and oxygen atoms in total. The topological polar surface area (TPSA) is 48.1 Å². The molecule has 2 aliphatic rings. The highest BCUT2D eigenvalue weighted by Crippen LogP contribution is 2.35. The molecule has 1 amide bonds. The van der Waals surface area contributed by atoms with Gasteiger partial charge in [-0.1, -0.05) is 18.2 Å². The number of para-hydroxylation sites is 1. The zero-order valence-electron chi connectivity index (χ0n) is 13.8. The van der Waals surface area contributed by atoms with Gasteiger partial charge in [-0.05, 0) is 56.7 Å². The summed E-state index contributed by atoms with van der Waals surface area (Å²) in [6, 6.07) is 8.63. The lowest BCUT2D eigenvalue weighted by molar-refractivity contribution is -0.134. The summed E-state index contributed by atoms with van der Waals surface area (Å²) in [4.78, 5) is 18.1. The third-order valence-electron chi connectivity index (χ3n) is 5.52. The van der Waals surface area contributed by atoms with Crippen molar-refractivity contribution >= 4 is 16.8 Å². The number of carbonyl (C=O) groups is 1. The lowest BCUT2D eigenvalue weighted by Gasteiger charge is -2.34. The fourth-order valence-electron chi connectivity index (χ4n) is 4.33. The number of aromatic nitrogens is 1. The van der Waals surface area contributed by atoms with Crippen LogP contribution in [-0.2, 0) is 4.79 Å². The fourth-order valence-corrected chi connectivity index (χ4v) is 4.33. The van der Waals surface area contributed by atoms with Crippen molar-refractivity contribution in [1.29, 1.82) is 0 Å². The molecule has 3 heterocycles. The van der Waals surface area contributed by atoms with Crippen molar-refractivity contribution in [3.05, 3.63) is 35.5 Å². The Morgan fingerprint density at radius 3 is 2.70 bits per heavy atom. The maximum Gasteiger partial charge on any atom is 0.239 e. The summed E-state index contributed by atoms with van der Waals surface area (Å²) in [6.45, 7) is 4.94. The molecule has 0 spiro atoms. The summed E-state index contributed by atoms with van der Waals surface area (Å²) in [5.41, 5.74) is 3.98. The Morgan fingerprint density at radius 2 is 1.96 bits per heavy atom. The van der Waals surface area contributed by atoms with Gasteiger partial charge in [0.2, 0.25) is 5.91 Å². The Hall–Kier alpha value is -1.81. The van der Waals surface area contributed by atoms with E-state index >= 15 is 0 Å². The number of aromatic amines is 1. The Balaban J connectivity index is 1.48. The van der Waals surface area contributed by atoms with Crippen LogP contribution in [0.4, 0.5) is 0 Å². The number of rotatable bonds is 2. The van der Waals surface area contributed by atoms with Crippen LogP contribution >= 0.6 is 0 Å². The summed E-state index contributed by atoms with van der Waals surface area (Å²) >= 11 is 0. The Morgan fingerprint density at radius 1 is 1.17 bits per heavy atom. The molecule has 2 aliphatic heterocycles. The van der Waals surface area contributed by atoms with Gasteiger partial charge < -0.3 is 15.2 Å². The normalized spacial score (nSPS) is 22.8. The number of likely N-dealkylation sites (tertiary alicyclic amines) is 1. The minimum absolute atomic E-state index is 0.0707. The van der Waals surface area contributed by atoms with E-state index in [-0.39, 0.29) is 6.04 Å². The van der Waals surface area contributed by atoms with Crippen LogP contribution < -0.4 is 5.32 Å². The first-order valence-corrected chi connectivity index (χ1v) is 8.83. The van der Waals surface area contributed by atoms with Gasteiger partial charge in [-0.15, -0.1) is 0 Å². The molecule has 1 aromatic carbocycles. The molecule has 0 radical (unpaired) electrons. The first kappa shape index (κ1) is 14.8. The number of nitrogens with zero attached hydrogens (tertiary/aromatic N) is 1. The second kappa shape index (κ2) is 6.00. The van der Waals surface area contributed by atoms with E-state index in [9.17, 15) is 4.79 Å². The lowest BCUT2D eigenvalue weighted by atomic mass is 9.87. The van der Waals surface area contributed by atoms with Crippen LogP contribution in [0.3, 0.4) is 0 Å². The van der Waals surface area contributed by atoms with Gasteiger partial charge in [0.1, 0.15) is 0 Å². The SMILES string of the molecule is Cc1[nH]c2ccccc2c1C1CCN(C(=O)C2CCCN2)CC1. The summed E-state index contributed by atoms with van der Waals surface area (Å²) in [5.74, 6) is 0.878. The summed E-state index contributed by atoms with van der Waals surface area (Å²) in [7, 11) is 0. The molecule has 4 rings (SSSR count). The van der Waals surface area contributed by atoms with Gasteiger partial charge in [0.05, 0.1) is 6.04 Å². The number of piperidine rings is 1. The molecule has 2 saturated heterocycles. The molecule has 0 aliphatic carbocycles. The molecular formula is C19H25N3O. The predicted octanol–water partition coefficient (Wildman–Crippen LogP) is 2.93. The molecule has 2 fully saturated rings. The average Bonchev–Trinajstić information content (AvgIpc) is 3.21. The van der Waals surface area contributed by atoms with Crippen molar-refractivity contribution in [3.8, 4) is 0 Å². The first-order valence-electron chi connectivity index (χ1n) is 8.83. The van der Waals surface area contributed by atoms with Crippen LogP contribution in [0.2, 0.25) is 0 Å². The number of hydrogen-bond acceptors (Lipinski definition) is 2. The maximum absolute atomic E-state index is 12.5. The van der Waals surface area contributed by atoms with Crippen molar-refractivity contribution in [1.82, 2.24) is 15.2 Å². The van der Waals surface area contributed by atoms with E-state index in [4.69, 9.17) is 0 Å². The Labute approximate surface area is 137 Å². The van der Waals surface area contributed by atoms with Crippen molar-refractivity contribution in [2.24, 2.45) is 0 Å². The second-order valence-electron chi connectivity index (χ2n) is 6.96. The van der Waals surface area contributed by atoms with Crippen molar-refractivity contribution in [2.45, 2.75) is 44.6 Å². The number of fused-ring (bicyclic) bond motifs is 1. The minimum Gasteiger partial charge on any atom is -0.358 e. The number of benzene rings is 1. The highest BCUT2D eigenvalue weighted by molar-refractivity contribution is 5.85. The number of hydrogen-bond donors (Lipinski definition) is 2. The zero-order valence-corrected chi connectivity index (χ0v) is 13.8. The molecule has 2 aromatic rings. The van der Waals surface area contributed by atoms with Gasteiger partial charge >= 0.3 is 0 Å². The van der Waals surface area contributed by atoms with Crippen molar-refractivity contribution < 1.29 is 4.79 Å². The number of carbonyl (C=O) groups excluding carboxylic acids is 1. The molecule has 2 N–H and O–H groups in total. The van der Waals surface area contributed by atoms with Gasteiger partial charge in [-0.3, -0.25) is 4.79 Å². The minimum atomic E-state index is 0.0707. The summed E-state index contributed by atoms with van der Waals surface area (Å²) in [6.07, 6.45) is 4.27. The van der Waals surface area contributed by atoms with E-state index in [0.29, 0.717) is 11.8 Å². The fraction of sp³-hybridized carbons (Fsp3) is 0.526. The zero-order chi connectivity index (χ0) is 15.8. The van der Waals surface area contributed by atoms with Crippen molar-refractivity contribution in [2.75, 3.05) is 19.6 Å². The third kappa shape index (κ3) is 2.65. The van der Waals surface area contributed by atoms with Gasteiger partial charge in [0.25, 0.3) is 0 Å². The lowest BCUT2D eigenvalue weighted by Crippen LogP contribution is -2.46. The van der Waals surface area contributed by atoms with Crippen molar-refractivity contribution in [3.63, 3.8) is 0 Å². The van der Waals surface area contributed by atoms with Gasteiger partial charge in [-0.25, -0.2) is 0 Å². The van der Waals surface area contributed by atoms with Gasteiger partial charge in [0, 0.05) is 29.7 Å². The van der Waals surface area contributed by atoms with E-state index in [1.54, 1.807) is 0 Å². The second-order valence-corrected chi connectivity index (χ2v) is 6.96. The largest absolute Gasteiger partial charge is 0.358 e. The van der Waals surface area contributed by atoms with Crippen LogP contribution in [0.15, 0.2) is 24.3 Å². The molecule has 1 aromatic heterocycles. The molecule has 4 heteroatoms. The third-order valence-corrected chi connectivity index (χ3v) is 5.52. The number of H-pyrrole nitrogens is 1. The Bertz CT molecular complexity index is 706. The van der Waals surface area contributed by atoms with E-state index in [1.165, 1.54) is 22.2 Å². The monoisotopic (exact) mass is 311 g/mol. The Kier molecular flexibility index (Phi) is 3.85. The smallest absolute Gasteiger partial charge is 0.239 e. The average molecular weight is 311 g/mol. The quantitative estimate of drug-likeness (QED) is 0.896. The van der Waals surface area contributed by atoms with E-state index in [0.717, 1.165) is 45.3 Å². The van der Waals surface area contributed by atoms with Crippen LogP contribution in [0.25, 0.3) is 10.9 Å². The molecule has 1 atom stereocenters. The van der Waals surface area contributed by atoms with E-state index in [1.807, 2.05) is 0 Å². The van der Waals surface area contributed by atoms with Crippen LogP contribution in [0, 0.1) is 6.92 Å². The molecule has 23 heavy (non-hydrogen) atoms. The van der Waals surface area contributed by atoms with Gasteiger partial charge in [-0.2, -0.15) is 0 Å². The van der Waals surface area contributed by atoms with Crippen LogP contribution in [0.1, 0.15) is 42.9 Å². The first-order chi connectivity index (χ1) is 11.2. The highest BCUT2D eigenvalue weighted by Gasteiger charge is 2.31. The highest BCUT2D eigenvalue weighted by atomic mass is 16.2. The predicted molar refractivity (Wildman–Crippen MR) is 92.6 cm³/mol. The molecular weight excluding hydrogens is 286 g/mol. The summed E-state index contributed by atoms with van der Waals surface area (Å²) in [5, 5.41) is 4.68. The maximum atomic E-state index is 12.5. The molecule has 0 saturated carbocycles. The van der Waals surface area contributed by atoms with E-state index < -0.39 is 0 Å². The molecule has 0 bridgehead atoms. The molecule has 122 valence electrons. The van der Waals surface area contributed by atoms with Crippen LogP contribution in [-0.4, -0.2) is 41.5 Å².